The van der Waals surface area contributed by atoms with Crippen LogP contribution in [0, 0.1) is 16.7 Å². The zero-order chi connectivity index (χ0) is 16.1. The first-order valence-electron chi connectivity index (χ1n) is 8.35. The molecule has 1 fully saturated rings. The maximum absolute atomic E-state index is 6.44. The van der Waals surface area contributed by atoms with Crippen molar-refractivity contribution in [2.75, 3.05) is 34.0 Å². The van der Waals surface area contributed by atoms with Gasteiger partial charge in [-0.1, -0.05) is 40.5 Å². The molecule has 3 nitrogen and oxygen atoms in total. The van der Waals surface area contributed by atoms with Crippen molar-refractivity contribution < 1.29 is 14.2 Å². The molecule has 1 rings (SSSR count). The second-order valence-electron chi connectivity index (χ2n) is 7.97. The average Bonchev–Trinajstić information content (AvgIpc) is 2.83. The molecule has 0 aromatic carbocycles. The molecule has 1 saturated carbocycles. The maximum Gasteiger partial charge on any atom is 0.0654 e. The van der Waals surface area contributed by atoms with Crippen LogP contribution in [-0.4, -0.2) is 39.6 Å². The van der Waals surface area contributed by atoms with Gasteiger partial charge in [0.1, 0.15) is 0 Å². The van der Waals surface area contributed by atoms with Crippen LogP contribution < -0.4 is 0 Å². The van der Waals surface area contributed by atoms with E-state index in [4.69, 9.17) is 14.2 Å². The van der Waals surface area contributed by atoms with Crippen LogP contribution in [0.1, 0.15) is 60.3 Å². The molecule has 1 aliphatic rings. The highest BCUT2D eigenvalue weighted by Gasteiger charge is 2.48. The Balaban J connectivity index is 2.93. The van der Waals surface area contributed by atoms with Crippen LogP contribution in [-0.2, 0) is 14.2 Å². The molecule has 0 unspecified atom stereocenters. The summed E-state index contributed by atoms with van der Waals surface area (Å²) in [5.41, 5.74) is 0.00401. The van der Waals surface area contributed by atoms with Crippen molar-refractivity contribution in [3.8, 4) is 0 Å². The van der Waals surface area contributed by atoms with E-state index < -0.39 is 0 Å². The highest BCUT2D eigenvalue weighted by Crippen LogP contribution is 2.47. The third-order valence-corrected chi connectivity index (χ3v) is 6.01. The molecule has 21 heavy (non-hydrogen) atoms. The molecule has 126 valence electrons. The lowest BCUT2D eigenvalue weighted by atomic mass is 9.61. The van der Waals surface area contributed by atoms with Crippen LogP contribution in [0.3, 0.4) is 0 Å². The minimum Gasteiger partial charge on any atom is -0.384 e. The van der Waals surface area contributed by atoms with Crippen molar-refractivity contribution in [1.29, 1.82) is 0 Å². The van der Waals surface area contributed by atoms with Gasteiger partial charge in [-0.3, -0.25) is 0 Å². The van der Waals surface area contributed by atoms with Crippen LogP contribution >= 0.6 is 0 Å². The van der Waals surface area contributed by atoms with Crippen molar-refractivity contribution in [1.82, 2.24) is 0 Å². The topological polar surface area (TPSA) is 27.7 Å². The highest BCUT2D eigenvalue weighted by atomic mass is 16.5. The molecule has 0 atom stereocenters. The van der Waals surface area contributed by atoms with Gasteiger partial charge in [0.2, 0.25) is 0 Å². The van der Waals surface area contributed by atoms with Gasteiger partial charge in [0.05, 0.1) is 25.4 Å². The zero-order valence-corrected chi connectivity index (χ0v) is 15.3. The van der Waals surface area contributed by atoms with Crippen LogP contribution in [0.25, 0.3) is 0 Å². The lowest BCUT2D eigenvalue weighted by Crippen LogP contribution is -2.52. The Labute approximate surface area is 131 Å². The minimum absolute atomic E-state index is 0.0415. The first-order chi connectivity index (χ1) is 9.73. The van der Waals surface area contributed by atoms with Gasteiger partial charge in [-0.15, -0.1) is 0 Å². The smallest absolute Gasteiger partial charge is 0.0654 e. The fourth-order valence-electron chi connectivity index (χ4n) is 3.43. The Hall–Kier alpha value is -0.120. The molecule has 0 amide bonds. The largest absolute Gasteiger partial charge is 0.384 e. The predicted octanol–water partition coefficient (Wildman–Crippen LogP) is 4.30. The number of ether oxygens (including phenoxy) is 3. The van der Waals surface area contributed by atoms with Crippen molar-refractivity contribution >= 4 is 0 Å². The van der Waals surface area contributed by atoms with E-state index in [1.54, 1.807) is 14.2 Å². The summed E-state index contributed by atoms with van der Waals surface area (Å²) in [5, 5.41) is 0. The third kappa shape index (κ3) is 4.20. The summed E-state index contributed by atoms with van der Waals surface area (Å²) in [6.07, 6.45) is 4.91. The SMILES string of the molecule is COCC(COC)(COC1(C)CCCC1)C(C)(C)C(C)C. The van der Waals surface area contributed by atoms with Crippen molar-refractivity contribution in [3.63, 3.8) is 0 Å². The van der Waals surface area contributed by atoms with Crippen LogP contribution in [0.5, 0.6) is 0 Å². The first kappa shape index (κ1) is 18.9. The fraction of sp³-hybridized carbons (Fsp3) is 1.00. The average molecular weight is 300 g/mol. The van der Waals surface area contributed by atoms with E-state index in [1.807, 2.05) is 0 Å². The van der Waals surface area contributed by atoms with E-state index in [9.17, 15) is 0 Å². The molecule has 0 bridgehead atoms. The van der Waals surface area contributed by atoms with Gasteiger partial charge in [0.25, 0.3) is 0 Å². The standard InChI is InChI=1S/C18H36O3/c1-15(2)16(3,4)18(12-19-6,13-20-7)14-21-17(5)10-8-9-11-17/h15H,8-14H2,1-7H3. The second-order valence-corrected chi connectivity index (χ2v) is 7.97. The summed E-state index contributed by atoms with van der Waals surface area (Å²) in [7, 11) is 3.55. The normalized spacial score (nSPS) is 19.4. The molecule has 0 aromatic rings. The van der Waals surface area contributed by atoms with Crippen LogP contribution in [0.4, 0.5) is 0 Å². The number of hydrogen-bond donors (Lipinski definition) is 0. The summed E-state index contributed by atoms with van der Waals surface area (Å²) in [6, 6.07) is 0. The van der Waals surface area contributed by atoms with Gasteiger partial charge >= 0.3 is 0 Å². The Morgan fingerprint density at radius 3 is 1.81 bits per heavy atom. The second kappa shape index (κ2) is 7.43. The van der Waals surface area contributed by atoms with Gasteiger partial charge < -0.3 is 14.2 Å². The minimum atomic E-state index is -0.115. The molecule has 0 aliphatic heterocycles. The Kier molecular flexibility index (Phi) is 6.70. The lowest BCUT2D eigenvalue weighted by molar-refractivity contribution is -0.161. The quantitative estimate of drug-likeness (QED) is 0.635. The van der Waals surface area contributed by atoms with Gasteiger partial charge in [0.15, 0.2) is 0 Å². The Morgan fingerprint density at radius 2 is 1.43 bits per heavy atom. The molecular weight excluding hydrogens is 264 g/mol. The monoisotopic (exact) mass is 300 g/mol. The molecule has 0 saturated heterocycles. The number of rotatable bonds is 9. The molecular formula is C18H36O3. The predicted molar refractivity (Wildman–Crippen MR) is 87.6 cm³/mol. The summed E-state index contributed by atoms with van der Waals surface area (Å²) in [4.78, 5) is 0. The zero-order valence-electron chi connectivity index (χ0n) is 15.3. The summed E-state index contributed by atoms with van der Waals surface area (Å²) >= 11 is 0. The Morgan fingerprint density at radius 1 is 0.952 bits per heavy atom. The number of hydrogen-bond acceptors (Lipinski definition) is 3. The van der Waals surface area contributed by atoms with Crippen molar-refractivity contribution in [2.45, 2.75) is 65.9 Å². The molecule has 3 heteroatoms. The molecule has 0 radical (unpaired) electrons. The Bertz CT molecular complexity index is 298. The molecule has 0 N–H and O–H groups in total. The van der Waals surface area contributed by atoms with E-state index in [2.05, 4.69) is 34.6 Å². The van der Waals surface area contributed by atoms with E-state index in [1.165, 1.54) is 25.7 Å². The molecule has 1 aliphatic carbocycles. The highest BCUT2D eigenvalue weighted by molar-refractivity contribution is 4.96. The van der Waals surface area contributed by atoms with Gasteiger partial charge in [0, 0.05) is 19.6 Å². The van der Waals surface area contributed by atoms with Gasteiger partial charge in [-0.2, -0.15) is 0 Å². The fourth-order valence-corrected chi connectivity index (χ4v) is 3.43. The summed E-state index contributed by atoms with van der Waals surface area (Å²) in [6.45, 7) is 13.5. The van der Waals surface area contributed by atoms with Gasteiger partial charge in [-0.25, -0.2) is 0 Å². The maximum atomic E-state index is 6.44. The van der Waals surface area contributed by atoms with E-state index in [0.29, 0.717) is 25.7 Å². The first-order valence-corrected chi connectivity index (χ1v) is 8.35. The summed E-state index contributed by atoms with van der Waals surface area (Å²) < 4.78 is 17.6. The molecule has 0 heterocycles. The van der Waals surface area contributed by atoms with Crippen molar-refractivity contribution in [2.24, 2.45) is 16.7 Å². The molecule has 0 spiro atoms. The summed E-state index contributed by atoms with van der Waals surface area (Å²) in [5.74, 6) is 0.530. The van der Waals surface area contributed by atoms with Crippen LogP contribution in [0.2, 0.25) is 0 Å². The van der Waals surface area contributed by atoms with Gasteiger partial charge in [-0.05, 0) is 31.1 Å². The third-order valence-electron chi connectivity index (χ3n) is 6.01. The lowest BCUT2D eigenvalue weighted by Gasteiger charge is -2.49. The van der Waals surface area contributed by atoms with Crippen LogP contribution in [0.15, 0.2) is 0 Å². The number of methoxy groups -OCH3 is 2. The van der Waals surface area contributed by atoms with E-state index >= 15 is 0 Å². The van der Waals surface area contributed by atoms with E-state index in [0.717, 1.165) is 0 Å². The van der Waals surface area contributed by atoms with Crippen molar-refractivity contribution in [3.05, 3.63) is 0 Å². The van der Waals surface area contributed by atoms with E-state index in [-0.39, 0.29) is 16.4 Å². The molecule has 0 aromatic heterocycles.